The summed E-state index contributed by atoms with van der Waals surface area (Å²) in [5.41, 5.74) is 1.72. The van der Waals surface area contributed by atoms with Gasteiger partial charge >= 0.3 is 0 Å². The summed E-state index contributed by atoms with van der Waals surface area (Å²) in [7, 11) is 1.97. The minimum absolute atomic E-state index is 0.307. The summed E-state index contributed by atoms with van der Waals surface area (Å²) in [5.74, 6) is 0.686. The maximum Gasteiger partial charge on any atom is 0.226 e. The second-order valence-corrected chi connectivity index (χ2v) is 6.72. The topological polar surface area (TPSA) is 32.3 Å². The number of hydrogen-bond acceptors (Lipinski definition) is 2. The lowest BCUT2D eigenvalue weighted by atomic mass is 9.91. The van der Waals surface area contributed by atoms with Crippen molar-refractivity contribution in [2.45, 2.75) is 32.1 Å². The van der Waals surface area contributed by atoms with Gasteiger partial charge in [-0.15, -0.1) is 0 Å². The predicted octanol–water partition coefficient (Wildman–Crippen LogP) is 2.47. The van der Waals surface area contributed by atoms with Gasteiger partial charge < -0.3 is 10.2 Å². The number of aryl methyl sites for hydroxylation is 1. The molecule has 2 fully saturated rings. The number of piperidine rings is 1. The average Bonchev–Trinajstić information content (AvgIpc) is 3.21. The number of rotatable bonds is 5. The van der Waals surface area contributed by atoms with Crippen molar-refractivity contribution < 1.29 is 4.79 Å². The zero-order chi connectivity index (χ0) is 14.7. The van der Waals surface area contributed by atoms with Crippen molar-refractivity contribution in [3.8, 4) is 0 Å². The number of carbonyl (C=O) groups excluding carboxylic acids is 1. The van der Waals surface area contributed by atoms with Crippen molar-refractivity contribution in [2.24, 2.45) is 11.3 Å². The van der Waals surface area contributed by atoms with Gasteiger partial charge in [0, 0.05) is 19.5 Å². The maximum atomic E-state index is 12.5. The number of benzene rings is 1. The molecular formula is C18H26N2O. The molecule has 1 N–H and O–H groups in total. The smallest absolute Gasteiger partial charge is 0.226 e. The van der Waals surface area contributed by atoms with E-state index in [1.54, 1.807) is 0 Å². The predicted molar refractivity (Wildman–Crippen MR) is 85.0 cm³/mol. The summed E-state index contributed by atoms with van der Waals surface area (Å²) in [6, 6.07) is 10.5. The summed E-state index contributed by atoms with van der Waals surface area (Å²) in [6.45, 7) is 3.04. The molecule has 3 heteroatoms. The first kappa shape index (κ1) is 14.6. The SMILES string of the molecule is CN(CCCc1ccccc1)C(=O)C1CC12CCNCC2. The van der Waals surface area contributed by atoms with Crippen LogP contribution in [0.4, 0.5) is 0 Å². The highest BCUT2D eigenvalue weighted by molar-refractivity contribution is 5.82. The molecule has 1 atom stereocenters. The molecule has 0 bridgehead atoms. The molecule has 1 unspecified atom stereocenters. The Labute approximate surface area is 127 Å². The third kappa shape index (κ3) is 3.29. The van der Waals surface area contributed by atoms with E-state index in [9.17, 15) is 4.79 Å². The van der Waals surface area contributed by atoms with E-state index in [0.29, 0.717) is 17.2 Å². The Morgan fingerprint density at radius 2 is 2.00 bits per heavy atom. The van der Waals surface area contributed by atoms with Gasteiger partial charge in [-0.3, -0.25) is 4.79 Å². The van der Waals surface area contributed by atoms with Crippen LogP contribution in [0.25, 0.3) is 0 Å². The largest absolute Gasteiger partial charge is 0.345 e. The maximum absolute atomic E-state index is 12.5. The third-order valence-corrected chi connectivity index (χ3v) is 5.27. The summed E-state index contributed by atoms with van der Waals surface area (Å²) in [5, 5.41) is 3.40. The lowest BCUT2D eigenvalue weighted by Crippen LogP contribution is -2.35. The standard InChI is InChI=1S/C18H26N2O/c1-20(13-5-8-15-6-3-2-4-7-15)17(21)16-14-18(16)9-11-19-12-10-18/h2-4,6-7,16,19H,5,8-14H2,1H3. The van der Waals surface area contributed by atoms with E-state index >= 15 is 0 Å². The van der Waals surface area contributed by atoms with Crippen molar-refractivity contribution in [3.63, 3.8) is 0 Å². The Morgan fingerprint density at radius 1 is 1.29 bits per heavy atom. The minimum atomic E-state index is 0.307. The summed E-state index contributed by atoms with van der Waals surface area (Å²) < 4.78 is 0. The van der Waals surface area contributed by atoms with Crippen LogP contribution < -0.4 is 5.32 Å². The first-order chi connectivity index (χ1) is 10.2. The first-order valence-electron chi connectivity index (χ1n) is 8.21. The van der Waals surface area contributed by atoms with Crippen LogP contribution in [0, 0.1) is 11.3 Å². The average molecular weight is 286 g/mol. The van der Waals surface area contributed by atoms with Crippen LogP contribution in [-0.4, -0.2) is 37.5 Å². The summed E-state index contributed by atoms with van der Waals surface area (Å²) >= 11 is 0. The molecule has 1 saturated heterocycles. The van der Waals surface area contributed by atoms with Crippen molar-refractivity contribution in [1.82, 2.24) is 10.2 Å². The molecule has 1 aromatic carbocycles. The van der Waals surface area contributed by atoms with Crippen LogP contribution >= 0.6 is 0 Å². The van der Waals surface area contributed by atoms with E-state index < -0.39 is 0 Å². The van der Waals surface area contributed by atoms with Crippen molar-refractivity contribution in [3.05, 3.63) is 35.9 Å². The number of amides is 1. The van der Waals surface area contributed by atoms with Crippen molar-refractivity contribution >= 4 is 5.91 Å². The molecule has 1 aliphatic carbocycles. The summed E-state index contributed by atoms with van der Waals surface area (Å²) in [4.78, 5) is 14.5. The van der Waals surface area contributed by atoms with Gasteiger partial charge in [0.1, 0.15) is 0 Å². The van der Waals surface area contributed by atoms with Crippen LogP contribution in [0.3, 0.4) is 0 Å². The van der Waals surface area contributed by atoms with Gasteiger partial charge in [0.15, 0.2) is 0 Å². The number of nitrogens with zero attached hydrogens (tertiary/aromatic N) is 1. The molecule has 1 amide bonds. The van der Waals surface area contributed by atoms with Gasteiger partial charge in [-0.1, -0.05) is 30.3 Å². The summed E-state index contributed by atoms with van der Waals surface area (Å²) in [6.07, 6.45) is 5.59. The zero-order valence-corrected chi connectivity index (χ0v) is 13.0. The van der Waals surface area contributed by atoms with E-state index in [2.05, 4.69) is 29.6 Å². The normalized spacial score (nSPS) is 23.0. The molecule has 1 aromatic rings. The lowest BCUT2D eigenvalue weighted by molar-refractivity contribution is -0.132. The van der Waals surface area contributed by atoms with Crippen LogP contribution in [0.5, 0.6) is 0 Å². The Morgan fingerprint density at radius 3 is 2.71 bits per heavy atom. The van der Waals surface area contributed by atoms with E-state index in [4.69, 9.17) is 0 Å². The highest BCUT2D eigenvalue weighted by Gasteiger charge is 2.58. The Bertz CT molecular complexity index is 479. The molecule has 114 valence electrons. The molecule has 1 aliphatic heterocycles. The molecule has 0 aromatic heterocycles. The third-order valence-electron chi connectivity index (χ3n) is 5.27. The number of nitrogens with one attached hydrogen (secondary N) is 1. The van der Waals surface area contributed by atoms with E-state index in [1.807, 2.05) is 18.0 Å². The van der Waals surface area contributed by atoms with E-state index in [-0.39, 0.29) is 0 Å². The molecule has 2 aliphatic rings. The van der Waals surface area contributed by atoms with Crippen LogP contribution in [0.15, 0.2) is 30.3 Å². The molecule has 1 saturated carbocycles. The Hall–Kier alpha value is -1.35. The monoisotopic (exact) mass is 286 g/mol. The van der Waals surface area contributed by atoms with E-state index in [0.717, 1.165) is 38.9 Å². The van der Waals surface area contributed by atoms with Crippen molar-refractivity contribution in [2.75, 3.05) is 26.7 Å². The highest BCUT2D eigenvalue weighted by atomic mass is 16.2. The number of hydrogen-bond donors (Lipinski definition) is 1. The second-order valence-electron chi connectivity index (χ2n) is 6.72. The van der Waals surface area contributed by atoms with Crippen LogP contribution in [0.2, 0.25) is 0 Å². The van der Waals surface area contributed by atoms with E-state index in [1.165, 1.54) is 18.4 Å². The fourth-order valence-corrected chi connectivity index (χ4v) is 3.72. The second kappa shape index (κ2) is 6.18. The van der Waals surface area contributed by atoms with Gasteiger partial charge in [-0.05, 0) is 56.2 Å². The van der Waals surface area contributed by atoms with Crippen LogP contribution in [-0.2, 0) is 11.2 Å². The van der Waals surface area contributed by atoms with Crippen molar-refractivity contribution in [1.29, 1.82) is 0 Å². The van der Waals surface area contributed by atoms with Gasteiger partial charge in [0.05, 0.1) is 0 Å². The van der Waals surface area contributed by atoms with Gasteiger partial charge in [-0.25, -0.2) is 0 Å². The zero-order valence-electron chi connectivity index (χ0n) is 13.0. The van der Waals surface area contributed by atoms with Gasteiger partial charge in [0.25, 0.3) is 0 Å². The molecule has 1 heterocycles. The lowest BCUT2D eigenvalue weighted by Gasteiger charge is -2.25. The fraction of sp³-hybridized carbons (Fsp3) is 0.611. The fourth-order valence-electron chi connectivity index (χ4n) is 3.72. The van der Waals surface area contributed by atoms with Gasteiger partial charge in [-0.2, -0.15) is 0 Å². The minimum Gasteiger partial charge on any atom is -0.345 e. The first-order valence-corrected chi connectivity index (χ1v) is 8.21. The Kier molecular flexibility index (Phi) is 4.29. The van der Waals surface area contributed by atoms with Crippen LogP contribution in [0.1, 0.15) is 31.2 Å². The molecule has 21 heavy (non-hydrogen) atoms. The molecule has 1 spiro atoms. The molecule has 0 radical (unpaired) electrons. The quantitative estimate of drug-likeness (QED) is 0.902. The number of carbonyl (C=O) groups is 1. The Balaban J connectivity index is 1.43. The highest BCUT2D eigenvalue weighted by Crippen LogP contribution is 2.59. The van der Waals surface area contributed by atoms with Gasteiger partial charge in [0.2, 0.25) is 5.91 Å². The molecule has 3 rings (SSSR count). The molecule has 3 nitrogen and oxygen atoms in total. The molecular weight excluding hydrogens is 260 g/mol.